The first-order valence-electron chi connectivity index (χ1n) is 6.50. The van der Waals surface area contributed by atoms with Gasteiger partial charge in [0.15, 0.2) is 5.60 Å². The summed E-state index contributed by atoms with van der Waals surface area (Å²) in [6.07, 6.45) is 0. The number of carbonyl (C=O) groups is 1. The van der Waals surface area contributed by atoms with Crippen LogP contribution in [0.3, 0.4) is 0 Å². The van der Waals surface area contributed by atoms with E-state index in [0.717, 1.165) is 5.56 Å². The van der Waals surface area contributed by atoms with Crippen LogP contribution >= 0.6 is 23.2 Å². The lowest BCUT2D eigenvalue weighted by molar-refractivity contribution is -0.156. The molecular formula is C15H15Cl2NO4. The van der Waals surface area contributed by atoms with E-state index in [2.05, 4.69) is 5.32 Å². The van der Waals surface area contributed by atoms with Crippen molar-refractivity contribution in [1.82, 2.24) is 5.32 Å². The molecule has 1 aromatic heterocycles. The number of hydrogen-bond donors (Lipinski definition) is 3. The predicted octanol–water partition coefficient (Wildman–Crippen LogP) is 3.18. The summed E-state index contributed by atoms with van der Waals surface area (Å²) in [5, 5.41) is 22.1. The second-order valence-corrected chi connectivity index (χ2v) is 5.89. The molecule has 0 amide bonds. The highest BCUT2D eigenvalue weighted by atomic mass is 35.5. The van der Waals surface area contributed by atoms with E-state index in [0.29, 0.717) is 28.1 Å². The van der Waals surface area contributed by atoms with Crippen LogP contribution in [0.2, 0.25) is 10.0 Å². The minimum Gasteiger partial charge on any atom is -0.479 e. The Morgan fingerprint density at radius 2 is 2.00 bits per heavy atom. The molecule has 0 aliphatic carbocycles. The zero-order valence-electron chi connectivity index (χ0n) is 11.8. The highest BCUT2D eigenvalue weighted by Crippen LogP contribution is 2.29. The molecule has 0 radical (unpaired) electrons. The molecule has 1 atom stereocenters. The molecule has 3 N–H and O–H groups in total. The SMILES string of the molecule is CC(O)(CNCc1ccc(-c2ccc(Cl)c(Cl)c2)o1)C(=O)O. The lowest BCUT2D eigenvalue weighted by atomic mass is 10.1. The summed E-state index contributed by atoms with van der Waals surface area (Å²) >= 11 is 11.8. The van der Waals surface area contributed by atoms with E-state index < -0.39 is 11.6 Å². The zero-order valence-corrected chi connectivity index (χ0v) is 13.3. The van der Waals surface area contributed by atoms with Crippen LogP contribution in [0.1, 0.15) is 12.7 Å². The molecule has 7 heteroatoms. The van der Waals surface area contributed by atoms with Crippen LogP contribution in [-0.4, -0.2) is 28.3 Å². The normalized spacial score (nSPS) is 13.8. The maximum Gasteiger partial charge on any atom is 0.336 e. The fourth-order valence-corrected chi connectivity index (χ4v) is 2.08. The first-order valence-corrected chi connectivity index (χ1v) is 7.26. The molecule has 0 aliphatic heterocycles. The van der Waals surface area contributed by atoms with Crippen molar-refractivity contribution in [3.8, 4) is 11.3 Å². The smallest absolute Gasteiger partial charge is 0.336 e. The van der Waals surface area contributed by atoms with Gasteiger partial charge in [-0.05, 0) is 37.3 Å². The Labute approximate surface area is 137 Å². The van der Waals surface area contributed by atoms with Gasteiger partial charge in [0.25, 0.3) is 0 Å². The highest BCUT2D eigenvalue weighted by Gasteiger charge is 2.29. The summed E-state index contributed by atoms with van der Waals surface area (Å²) in [5.41, 5.74) is -1.03. The highest BCUT2D eigenvalue weighted by molar-refractivity contribution is 6.42. The van der Waals surface area contributed by atoms with Gasteiger partial charge < -0.3 is 19.9 Å². The van der Waals surface area contributed by atoms with Crippen LogP contribution in [0.25, 0.3) is 11.3 Å². The monoisotopic (exact) mass is 343 g/mol. The summed E-state index contributed by atoms with van der Waals surface area (Å²) in [5.74, 6) is -0.0430. The van der Waals surface area contributed by atoms with E-state index in [9.17, 15) is 9.90 Å². The summed E-state index contributed by atoms with van der Waals surface area (Å²) < 4.78 is 5.65. The Balaban J connectivity index is 2.00. The number of carboxylic acid groups (broad SMARTS) is 1. The number of rotatable bonds is 6. The number of furan rings is 1. The fourth-order valence-electron chi connectivity index (χ4n) is 1.78. The molecule has 2 rings (SSSR count). The first kappa shape index (κ1) is 16.8. The van der Waals surface area contributed by atoms with Crippen LogP contribution in [0.5, 0.6) is 0 Å². The molecule has 2 aromatic rings. The fraction of sp³-hybridized carbons (Fsp3) is 0.267. The summed E-state index contributed by atoms with van der Waals surface area (Å²) in [6, 6.07) is 8.73. The molecule has 0 fully saturated rings. The third-order valence-electron chi connectivity index (χ3n) is 3.09. The van der Waals surface area contributed by atoms with Crippen molar-refractivity contribution in [3.63, 3.8) is 0 Å². The van der Waals surface area contributed by atoms with Gasteiger partial charge in [-0.15, -0.1) is 0 Å². The lowest BCUT2D eigenvalue weighted by Crippen LogP contribution is -2.44. The topological polar surface area (TPSA) is 82.7 Å². The van der Waals surface area contributed by atoms with Crippen LogP contribution < -0.4 is 5.32 Å². The van der Waals surface area contributed by atoms with Crippen molar-refractivity contribution < 1.29 is 19.4 Å². The number of nitrogens with one attached hydrogen (secondary N) is 1. The summed E-state index contributed by atoms with van der Waals surface area (Å²) in [6.45, 7) is 1.43. The van der Waals surface area contributed by atoms with Gasteiger partial charge in [-0.2, -0.15) is 0 Å². The molecule has 1 heterocycles. The van der Waals surface area contributed by atoms with Gasteiger partial charge in [-0.1, -0.05) is 23.2 Å². The Morgan fingerprint density at radius 1 is 1.27 bits per heavy atom. The lowest BCUT2D eigenvalue weighted by Gasteiger charge is -2.17. The van der Waals surface area contributed by atoms with E-state index in [4.69, 9.17) is 32.7 Å². The first-order chi connectivity index (χ1) is 10.3. The Hall–Kier alpha value is -1.53. The molecule has 0 bridgehead atoms. The van der Waals surface area contributed by atoms with Gasteiger partial charge in [0.1, 0.15) is 11.5 Å². The van der Waals surface area contributed by atoms with Gasteiger partial charge in [0, 0.05) is 12.1 Å². The van der Waals surface area contributed by atoms with E-state index in [1.165, 1.54) is 6.92 Å². The van der Waals surface area contributed by atoms with E-state index >= 15 is 0 Å². The molecule has 0 saturated heterocycles. The minimum absolute atomic E-state index is 0.0921. The molecule has 118 valence electrons. The van der Waals surface area contributed by atoms with Gasteiger partial charge in [-0.3, -0.25) is 0 Å². The summed E-state index contributed by atoms with van der Waals surface area (Å²) in [4.78, 5) is 10.8. The number of carboxylic acids is 1. The molecule has 0 saturated carbocycles. The standard InChI is InChI=1S/C15H15Cl2NO4/c1-15(21,14(19)20)8-18-7-10-3-5-13(22-10)9-2-4-11(16)12(17)6-9/h2-6,18,21H,7-8H2,1H3,(H,19,20). The number of aliphatic carboxylic acids is 1. The van der Waals surface area contributed by atoms with Gasteiger partial charge in [0.2, 0.25) is 0 Å². The Morgan fingerprint density at radius 3 is 2.64 bits per heavy atom. The van der Waals surface area contributed by atoms with E-state index in [1.54, 1.807) is 30.3 Å². The summed E-state index contributed by atoms with van der Waals surface area (Å²) in [7, 11) is 0. The van der Waals surface area contributed by atoms with Crippen LogP contribution in [0.15, 0.2) is 34.7 Å². The molecule has 0 spiro atoms. The van der Waals surface area contributed by atoms with Crippen molar-refractivity contribution in [2.45, 2.75) is 19.1 Å². The van der Waals surface area contributed by atoms with Crippen molar-refractivity contribution in [2.75, 3.05) is 6.54 Å². The van der Waals surface area contributed by atoms with Crippen molar-refractivity contribution >= 4 is 29.2 Å². The average Bonchev–Trinajstić information content (AvgIpc) is 2.90. The molecule has 0 aliphatic rings. The van der Waals surface area contributed by atoms with E-state index in [-0.39, 0.29) is 6.54 Å². The number of aliphatic hydroxyl groups is 1. The van der Waals surface area contributed by atoms with Crippen molar-refractivity contribution in [2.24, 2.45) is 0 Å². The van der Waals surface area contributed by atoms with Crippen LogP contribution in [0, 0.1) is 0 Å². The predicted molar refractivity (Wildman–Crippen MR) is 84.1 cm³/mol. The maximum atomic E-state index is 10.8. The van der Waals surface area contributed by atoms with Gasteiger partial charge in [-0.25, -0.2) is 4.79 Å². The maximum absolute atomic E-state index is 10.8. The molecular weight excluding hydrogens is 329 g/mol. The quantitative estimate of drug-likeness (QED) is 0.750. The van der Waals surface area contributed by atoms with Crippen LogP contribution in [-0.2, 0) is 11.3 Å². The van der Waals surface area contributed by atoms with Crippen molar-refractivity contribution in [1.29, 1.82) is 0 Å². The Kier molecular flexibility index (Phi) is 5.13. The molecule has 22 heavy (non-hydrogen) atoms. The van der Waals surface area contributed by atoms with Gasteiger partial charge >= 0.3 is 5.97 Å². The number of halogens is 2. The minimum atomic E-state index is -1.82. The van der Waals surface area contributed by atoms with Crippen molar-refractivity contribution in [3.05, 3.63) is 46.1 Å². The largest absolute Gasteiger partial charge is 0.479 e. The molecule has 1 unspecified atom stereocenters. The number of benzene rings is 1. The van der Waals surface area contributed by atoms with Crippen LogP contribution in [0.4, 0.5) is 0 Å². The molecule has 1 aromatic carbocycles. The number of hydrogen-bond acceptors (Lipinski definition) is 4. The third kappa shape index (κ3) is 4.01. The molecule has 5 nitrogen and oxygen atoms in total. The average molecular weight is 344 g/mol. The van der Waals surface area contributed by atoms with E-state index in [1.807, 2.05) is 0 Å². The zero-order chi connectivity index (χ0) is 16.3. The second-order valence-electron chi connectivity index (χ2n) is 5.08. The van der Waals surface area contributed by atoms with Gasteiger partial charge in [0.05, 0.1) is 16.6 Å². The second kappa shape index (κ2) is 6.71. The third-order valence-corrected chi connectivity index (χ3v) is 3.83. The Bertz CT molecular complexity index is 682.